The second-order valence-corrected chi connectivity index (χ2v) is 5.90. The molecule has 1 amide bonds. The molecule has 0 saturated carbocycles. The fourth-order valence-electron chi connectivity index (χ4n) is 2.25. The van der Waals surface area contributed by atoms with Crippen LogP contribution in [0.15, 0.2) is 22.7 Å². The maximum absolute atomic E-state index is 13.6. The monoisotopic (exact) mass is 380 g/mol. The number of hydrogen-bond donors (Lipinski definition) is 3. The summed E-state index contributed by atoms with van der Waals surface area (Å²) in [6, 6.07) is 4.68. The maximum atomic E-state index is 13.6. The van der Waals surface area contributed by atoms with Gasteiger partial charge in [-0.3, -0.25) is 4.79 Å². The second kappa shape index (κ2) is 8.68. The maximum Gasteiger partial charge on any atom is 0.237 e. The summed E-state index contributed by atoms with van der Waals surface area (Å²) in [4.78, 5) is 11.7. The number of aryl methyl sites for hydroxylation is 1. The standard InChI is InChI=1S/C14H18BrFN2O2.ClH/c15-10-4-3-9(12(16)6-10)2-1-5-17-14(20)13-7-11(19)8-18-13;/h3-4,6,11,13,18-19H,1-2,5,7-8H2,(H,17,20);1H. The third-order valence-electron chi connectivity index (χ3n) is 3.36. The van der Waals surface area contributed by atoms with E-state index >= 15 is 0 Å². The van der Waals surface area contributed by atoms with Crippen molar-refractivity contribution in [3.63, 3.8) is 0 Å². The van der Waals surface area contributed by atoms with E-state index in [1.54, 1.807) is 12.1 Å². The van der Waals surface area contributed by atoms with Gasteiger partial charge >= 0.3 is 0 Å². The van der Waals surface area contributed by atoms with Crippen molar-refractivity contribution in [1.29, 1.82) is 0 Å². The molecule has 0 spiro atoms. The summed E-state index contributed by atoms with van der Waals surface area (Å²) in [6.45, 7) is 0.963. The highest BCUT2D eigenvalue weighted by Crippen LogP contribution is 2.16. The number of benzene rings is 1. The Kier molecular flexibility index (Phi) is 7.59. The molecule has 2 atom stereocenters. The molecule has 3 N–H and O–H groups in total. The average Bonchev–Trinajstić information content (AvgIpc) is 2.83. The Hall–Kier alpha value is -0.690. The van der Waals surface area contributed by atoms with Crippen LogP contribution < -0.4 is 10.6 Å². The highest BCUT2D eigenvalue weighted by atomic mass is 79.9. The number of amides is 1. The third kappa shape index (κ3) is 5.54. The summed E-state index contributed by atoms with van der Waals surface area (Å²) < 4.78 is 14.3. The van der Waals surface area contributed by atoms with E-state index in [2.05, 4.69) is 26.6 Å². The van der Waals surface area contributed by atoms with Gasteiger partial charge in [0.2, 0.25) is 5.91 Å². The smallest absolute Gasteiger partial charge is 0.237 e. The van der Waals surface area contributed by atoms with Crippen LogP contribution in [0.5, 0.6) is 0 Å². The number of nitrogens with one attached hydrogen (secondary N) is 2. The number of carbonyl (C=O) groups is 1. The highest BCUT2D eigenvalue weighted by molar-refractivity contribution is 9.10. The lowest BCUT2D eigenvalue weighted by atomic mass is 10.1. The van der Waals surface area contributed by atoms with Crippen molar-refractivity contribution in [1.82, 2.24) is 10.6 Å². The molecule has 1 aromatic carbocycles. The predicted octanol–water partition coefficient (Wildman–Crippen LogP) is 1.78. The van der Waals surface area contributed by atoms with Crippen LogP contribution in [0.2, 0.25) is 0 Å². The number of aliphatic hydroxyl groups excluding tert-OH is 1. The lowest BCUT2D eigenvalue weighted by Gasteiger charge is -2.11. The summed E-state index contributed by atoms with van der Waals surface area (Å²) in [6.07, 6.45) is 1.27. The van der Waals surface area contributed by atoms with Gasteiger partial charge in [-0.1, -0.05) is 22.0 Å². The van der Waals surface area contributed by atoms with E-state index in [0.29, 0.717) is 37.9 Å². The zero-order chi connectivity index (χ0) is 14.5. The fourth-order valence-corrected chi connectivity index (χ4v) is 2.59. The minimum atomic E-state index is -0.442. The zero-order valence-electron chi connectivity index (χ0n) is 11.4. The number of carbonyl (C=O) groups excluding carboxylic acids is 1. The van der Waals surface area contributed by atoms with Crippen LogP contribution in [0.1, 0.15) is 18.4 Å². The Morgan fingerprint density at radius 2 is 2.29 bits per heavy atom. The number of halogens is 3. The first-order valence-corrected chi connectivity index (χ1v) is 7.48. The van der Waals surface area contributed by atoms with E-state index in [1.165, 1.54) is 6.07 Å². The van der Waals surface area contributed by atoms with Crippen molar-refractivity contribution in [2.24, 2.45) is 0 Å². The Balaban J connectivity index is 0.00000220. The molecule has 0 bridgehead atoms. The average molecular weight is 382 g/mol. The molecule has 1 fully saturated rings. The van der Waals surface area contributed by atoms with Gasteiger partial charge < -0.3 is 15.7 Å². The van der Waals surface area contributed by atoms with Crippen molar-refractivity contribution in [3.05, 3.63) is 34.1 Å². The molecule has 1 aromatic rings. The van der Waals surface area contributed by atoms with Crippen LogP contribution in [0.3, 0.4) is 0 Å². The van der Waals surface area contributed by atoms with Crippen LogP contribution in [0.25, 0.3) is 0 Å². The molecule has 0 radical (unpaired) electrons. The molecule has 4 nitrogen and oxygen atoms in total. The van der Waals surface area contributed by atoms with Crippen molar-refractivity contribution >= 4 is 34.2 Å². The minimum absolute atomic E-state index is 0. The van der Waals surface area contributed by atoms with Gasteiger partial charge in [0.05, 0.1) is 12.1 Å². The third-order valence-corrected chi connectivity index (χ3v) is 3.85. The molecular weight excluding hydrogens is 363 g/mol. The lowest BCUT2D eigenvalue weighted by molar-refractivity contribution is -0.122. The zero-order valence-corrected chi connectivity index (χ0v) is 13.8. The Morgan fingerprint density at radius 1 is 1.52 bits per heavy atom. The molecule has 0 aromatic heterocycles. The molecule has 0 aliphatic carbocycles. The molecule has 1 saturated heterocycles. The van der Waals surface area contributed by atoms with E-state index in [-0.39, 0.29) is 30.2 Å². The SMILES string of the molecule is Cl.O=C(NCCCc1ccc(Br)cc1F)C1CC(O)CN1. The van der Waals surface area contributed by atoms with Gasteiger partial charge in [0.25, 0.3) is 0 Å². The van der Waals surface area contributed by atoms with Crippen LogP contribution >= 0.6 is 28.3 Å². The molecule has 7 heteroatoms. The number of rotatable bonds is 5. The largest absolute Gasteiger partial charge is 0.392 e. The van der Waals surface area contributed by atoms with Gasteiger partial charge in [0.15, 0.2) is 0 Å². The van der Waals surface area contributed by atoms with Crippen molar-refractivity contribution in [2.45, 2.75) is 31.4 Å². The van der Waals surface area contributed by atoms with Gasteiger partial charge in [-0.2, -0.15) is 0 Å². The Bertz CT molecular complexity index is 490. The van der Waals surface area contributed by atoms with E-state index in [1.807, 2.05) is 0 Å². The first kappa shape index (κ1) is 18.4. The van der Waals surface area contributed by atoms with Gasteiger partial charge in [-0.05, 0) is 37.0 Å². The first-order valence-electron chi connectivity index (χ1n) is 6.69. The normalized spacial score (nSPS) is 20.9. The number of aliphatic hydroxyl groups is 1. The van der Waals surface area contributed by atoms with Crippen LogP contribution in [-0.4, -0.2) is 36.2 Å². The summed E-state index contributed by atoms with van der Waals surface area (Å²) in [7, 11) is 0. The van der Waals surface area contributed by atoms with E-state index < -0.39 is 6.10 Å². The van der Waals surface area contributed by atoms with E-state index in [4.69, 9.17) is 0 Å². The molecule has 1 aliphatic heterocycles. The first-order chi connectivity index (χ1) is 9.56. The van der Waals surface area contributed by atoms with Gasteiger partial charge in [0, 0.05) is 17.6 Å². The predicted molar refractivity (Wildman–Crippen MR) is 85.1 cm³/mol. The molecule has 1 heterocycles. The fraction of sp³-hybridized carbons (Fsp3) is 0.500. The summed E-state index contributed by atoms with van der Waals surface area (Å²) in [5.41, 5.74) is 0.650. The lowest BCUT2D eigenvalue weighted by Crippen LogP contribution is -2.40. The molecule has 2 rings (SSSR count). The van der Waals surface area contributed by atoms with E-state index in [0.717, 1.165) is 4.47 Å². The summed E-state index contributed by atoms with van der Waals surface area (Å²) in [5, 5.41) is 15.1. The van der Waals surface area contributed by atoms with Gasteiger partial charge in [-0.25, -0.2) is 4.39 Å². The van der Waals surface area contributed by atoms with Crippen molar-refractivity contribution in [3.8, 4) is 0 Å². The van der Waals surface area contributed by atoms with E-state index in [9.17, 15) is 14.3 Å². The molecule has 118 valence electrons. The van der Waals surface area contributed by atoms with Crippen LogP contribution in [-0.2, 0) is 11.2 Å². The van der Waals surface area contributed by atoms with Crippen molar-refractivity contribution < 1.29 is 14.3 Å². The molecule has 21 heavy (non-hydrogen) atoms. The quantitative estimate of drug-likeness (QED) is 0.682. The van der Waals surface area contributed by atoms with Crippen LogP contribution in [0.4, 0.5) is 4.39 Å². The Morgan fingerprint density at radius 3 is 2.90 bits per heavy atom. The minimum Gasteiger partial charge on any atom is -0.392 e. The number of hydrogen-bond acceptors (Lipinski definition) is 3. The highest BCUT2D eigenvalue weighted by Gasteiger charge is 2.27. The summed E-state index contributed by atoms with van der Waals surface area (Å²) >= 11 is 3.22. The Labute approximate surface area is 138 Å². The molecule has 2 unspecified atom stereocenters. The van der Waals surface area contributed by atoms with Gasteiger partial charge in [-0.15, -0.1) is 12.4 Å². The molecule has 1 aliphatic rings. The topological polar surface area (TPSA) is 61.4 Å². The summed E-state index contributed by atoms with van der Waals surface area (Å²) in [5.74, 6) is -0.330. The van der Waals surface area contributed by atoms with Gasteiger partial charge in [0.1, 0.15) is 5.82 Å². The number of β-amino-alcohol motifs (C(OH)–C–C–N with tert-alkyl or cyclic N) is 1. The van der Waals surface area contributed by atoms with Crippen molar-refractivity contribution in [2.75, 3.05) is 13.1 Å². The second-order valence-electron chi connectivity index (χ2n) is 4.98. The molecular formula is C14H19BrClFN2O2. The van der Waals surface area contributed by atoms with Crippen LogP contribution in [0, 0.1) is 5.82 Å².